The molecule has 0 heterocycles. The fourth-order valence-corrected chi connectivity index (χ4v) is 2.25. The molecule has 0 radical (unpaired) electrons. The van der Waals surface area contributed by atoms with Gasteiger partial charge in [0.1, 0.15) is 0 Å². The molecule has 0 bridgehead atoms. The number of esters is 2. The summed E-state index contributed by atoms with van der Waals surface area (Å²) in [5.74, 6) is -2.73. The molecule has 1 aromatic rings. The molecule has 1 atom stereocenters. The lowest BCUT2D eigenvalue weighted by atomic mass is 9.73. The minimum atomic E-state index is -1.79. The van der Waals surface area contributed by atoms with Gasteiger partial charge in [0.2, 0.25) is 6.54 Å². The molecule has 0 aliphatic carbocycles. The Bertz CT molecular complexity index is 512. The molecule has 114 valence electrons. The zero-order valence-electron chi connectivity index (χ0n) is 12.1. The van der Waals surface area contributed by atoms with Gasteiger partial charge in [0.05, 0.1) is 20.1 Å². The summed E-state index contributed by atoms with van der Waals surface area (Å²) in [5, 5.41) is 11.0. The zero-order chi connectivity index (χ0) is 16.0. The van der Waals surface area contributed by atoms with E-state index in [0.717, 1.165) is 14.2 Å². The van der Waals surface area contributed by atoms with Crippen molar-refractivity contribution in [3.8, 4) is 0 Å². The number of rotatable bonds is 6. The van der Waals surface area contributed by atoms with Crippen LogP contribution in [0.1, 0.15) is 18.4 Å². The van der Waals surface area contributed by atoms with Gasteiger partial charge in [0.15, 0.2) is 5.41 Å². The van der Waals surface area contributed by atoms with Crippen LogP contribution in [0.25, 0.3) is 0 Å². The van der Waals surface area contributed by atoms with E-state index in [1.807, 2.05) is 0 Å². The van der Waals surface area contributed by atoms with Gasteiger partial charge < -0.3 is 9.47 Å². The van der Waals surface area contributed by atoms with E-state index in [2.05, 4.69) is 9.47 Å². The number of hydrogen-bond acceptors (Lipinski definition) is 6. The Labute approximate surface area is 122 Å². The van der Waals surface area contributed by atoms with Crippen LogP contribution in [0.5, 0.6) is 0 Å². The third kappa shape index (κ3) is 3.36. The highest BCUT2D eigenvalue weighted by molar-refractivity contribution is 6.00. The largest absolute Gasteiger partial charge is 0.468 e. The highest BCUT2D eigenvalue weighted by atomic mass is 16.6. The number of benzene rings is 1. The van der Waals surface area contributed by atoms with Crippen molar-refractivity contribution >= 4 is 11.9 Å². The molecular formula is C14H17NO6. The van der Waals surface area contributed by atoms with Crippen LogP contribution in [0.3, 0.4) is 0 Å². The van der Waals surface area contributed by atoms with Gasteiger partial charge in [0, 0.05) is 4.92 Å². The second kappa shape index (κ2) is 6.83. The van der Waals surface area contributed by atoms with Crippen LogP contribution in [0.4, 0.5) is 0 Å². The molecule has 7 nitrogen and oxygen atoms in total. The lowest BCUT2D eigenvalue weighted by Crippen LogP contribution is -2.45. The molecule has 0 amide bonds. The first-order chi connectivity index (χ1) is 9.87. The Kier molecular flexibility index (Phi) is 5.40. The van der Waals surface area contributed by atoms with E-state index in [4.69, 9.17) is 0 Å². The van der Waals surface area contributed by atoms with Crippen LogP contribution >= 0.6 is 0 Å². The summed E-state index contributed by atoms with van der Waals surface area (Å²) in [5.41, 5.74) is -1.30. The average molecular weight is 295 g/mol. The molecule has 0 saturated heterocycles. The molecule has 1 rings (SSSR count). The van der Waals surface area contributed by atoms with Gasteiger partial charge in [-0.15, -0.1) is 0 Å². The number of nitro groups is 1. The topological polar surface area (TPSA) is 95.7 Å². The SMILES string of the molecule is COC(=O)C(C)(C(=O)OC)[C@H](C[N+](=O)[O-])c1ccccc1. The van der Waals surface area contributed by atoms with Crippen LogP contribution in [-0.4, -0.2) is 37.6 Å². The maximum Gasteiger partial charge on any atom is 0.323 e. The van der Waals surface area contributed by atoms with Crippen molar-refractivity contribution in [2.24, 2.45) is 5.41 Å². The van der Waals surface area contributed by atoms with Gasteiger partial charge >= 0.3 is 11.9 Å². The first kappa shape index (κ1) is 16.6. The lowest BCUT2D eigenvalue weighted by molar-refractivity contribution is -0.485. The van der Waals surface area contributed by atoms with Crippen molar-refractivity contribution in [1.82, 2.24) is 0 Å². The van der Waals surface area contributed by atoms with E-state index in [1.54, 1.807) is 30.3 Å². The van der Waals surface area contributed by atoms with E-state index in [0.29, 0.717) is 5.56 Å². The highest BCUT2D eigenvalue weighted by Gasteiger charge is 2.53. The first-order valence-electron chi connectivity index (χ1n) is 6.21. The molecule has 0 fully saturated rings. The molecule has 0 spiro atoms. The third-order valence-electron chi connectivity index (χ3n) is 3.45. The molecule has 21 heavy (non-hydrogen) atoms. The van der Waals surface area contributed by atoms with E-state index in [9.17, 15) is 19.7 Å². The molecular weight excluding hydrogens is 278 g/mol. The average Bonchev–Trinajstić information content (AvgIpc) is 2.50. The summed E-state index contributed by atoms with van der Waals surface area (Å²) in [6.45, 7) is 0.705. The van der Waals surface area contributed by atoms with Gasteiger partial charge in [-0.05, 0) is 12.5 Å². The number of nitrogens with zero attached hydrogens (tertiary/aromatic N) is 1. The molecule has 0 aliphatic heterocycles. The van der Waals surface area contributed by atoms with Crippen LogP contribution in [0.2, 0.25) is 0 Å². The monoisotopic (exact) mass is 295 g/mol. The standard InChI is InChI=1S/C14H17NO6/c1-14(12(16)20-2,13(17)21-3)11(9-15(18)19)10-7-5-4-6-8-10/h4-8,11H,9H2,1-3H3/t11-/m1/s1. The van der Waals surface area contributed by atoms with Crippen LogP contribution in [0, 0.1) is 15.5 Å². The summed E-state index contributed by atoms with van der Waals surface area (Å²) in [6, 6.07) is 8.34. The third-order valence-corrected chi connectivity index (χ3v) is 3.45. The Morgan fingerprint density at radius 3 is 2.05 bits per heavy atom. The predicted octanol–water partition coefficient (Wildman–Crippen LogP) is 1.40. The second-order valence-corrected chi connectivity index (χ2v) is 4.66. The van der Waals surface area contributed by atoms with Crippen molar-refractivity contribution in [2.45, 2.75) is 12.8 Å². The number of hydrogen-bond donors (Lipinski definition) is 0. The predicted molar refractivity (Wildman–Crippen MR) is 73.2 cm³/mol. The van der Waals surface area contributed by atoms with Crippen molar-refractivity contribution in [3.63, 3.8) is 0 Å². The minimum Gasteiger partial charge on any atom is -0.468 e. The Balaban J connectivity index is 3.41. The van der Waals surface area contributed by atoms with E-state index in [-0.39, 0.29) is 0 Å². The van der Waals surface area contributed by atoms with Crippen LogP contribution in [0.15, 0.2) is 30.3 Å². The van der Waals surface area contributed by atoms with Gasteiger partial charge in [0.25, 0.3) is 0 Å². The maximum atomic E-state index is 12.1. The Morgan fingerprint density at radius 1 is 1.19 bits per heavy atom. The van der Waals surface area contributed by atoms with Crippen molar-refractivity contribution < 1.29 is 24.0 Å². The van der Waals surface area contributed by atoms with E-state index >= 15 is 0 Å². The molecule has 1 aromatic carbocycles. The Hall–Kier alpha value is -2.44. The highest BCUT2D eigenvalue weighted by Crippen LogP contribution is 2.38. The van der Waals surface area contributed by atoms with Crippen molar-refractivity contribution in [1.29, 1.82) is 0 Å². The van der Waals surface area contributed by atoms with Crippen molar-refractivity contribution in [3.05, 3.63) is 46.0 Å². The molecule has 0 saturated carbocycles. The first-order valence-corrected chi connectivity index (χ1v) is 6.21. The second-order valence-electron chi connectivity index (χ2n) is 4.66. The molecule has 7 heteroatoms. The summed E-state index contributed by atoms with van der Waals surface area (Å²) in [7, 11) is 2.25. The minimum absolute atomic E-state index is 0.493. The maximum absolute atomic E-state index is 12.1. The van der Waals surface area contributed by atoms with Crippen molar-refractivity contribution in [2.75, 3.05) is 20.8 Å². The number of carbonyl (C=O) groups is 2. The zero-order valence-corrected chi connectivity index (χ0v) is 12.1. The quantitative estimate of drug-likeness (QED) is 0.340. The van der Waals surface area contributed by atoms with Gasteiger partial charge in [-0.1, -0.05) is 30.3 Å². The summed E-state index contributed by atoms with van der Waals surface area (Å²) in [4.78, 5) is 34.6. The fourth-order valence-electron chi connectivity index (χ4n) is 2.25. The molecule has 0 N–H and O–H groups in total. The van der Waals surface area contributed by atoms with Gasteiger partial charge in [-0.25, -0.2) is 0 Å². The Morgan fingerprint density at radius 2 is 1.67 bits per heavy atom. The fraction of sp³-hybridized carbons (Fsp3) is 0.429. The summed E-state index contributed by atoms with van der Waals surface area (Å²) in [6.07, 6.45) is 0. The van der Waals surface area contributed by atoms with E-state index in [1.165, 1.54) is 6.92 Å². The van der Waals surface area contributed by atoms with Crippen LogP contribution < -0.4 is 0 Å². The molecule has 0 unspecified atom stereocenters. The smallest absolute Gasteiger partial charge is 0.323 e. The normalized spacial score (nSPS) is 12.3. The van der Waals surface area contributed by atoms with Gasteiger partial charge in [-0.2, -0.15) is 0 Å². The summed E-state index contributed by atoms with van der Waals surface area (Å²) >= 11 is 0. The summed E-state index contributed by atoms with van der Waals surface area (Å²) < 4.78 is 9.32. The van der Waals surface area contributed by atoms with E-state index < -0.39 is 34.7 Å². The number of carbonyl (C=O) groups excluding carboxylic acids is 2. The lowest BCUT2D eigenvalue weighted by Gasteiger charge is -2.30. The molecule has 0 aromatic heterocycles. The number of ether oxygens (including phenoxy) is 2. The van der Waals surface area contributed by atoms with Gasteiger partial charge in [-0.3, -0.25) is 19.7 Å². The van der Waals surface area contributed by atoms with Crippen LogP contribution in [-0.2, 0) is 19.1 Å². The number of methoxy groups -OCH3 is 2. The molecule has 0 aliphatic rings.